The van der Waals surface area contributed by atoms with Gasteiger partial charge < -0.3 is 50.5 Å². The van der Waals surface area contributed by atoms with E-state index >= 15 is 0 Å². The lowest BCUT2D eigenvalue weighted by Gasteiger charge is -2.40. The van der Waals surface area contributed by atoms with Crippen molar-refractivity contribution in [1.82, 2.24) is 5.32 Å². The first-order chi connectivity index (χ1) is 38.7. The standard InChI is InChI=1S/C68H135NO10/c1-3-5-7-9-11-13-15-17-19-21-23-25-26-27-28-29-30-31-32-33-34-36-37-39-41-43-45-47-49-51-53-55-60(71)63(73)59(58-78-68-66(76)65(75)64(74)62(57-70)79-68)69-67(77)61(72)56-54-52-50-48-46-44-42-40-38-35-24-22-20-18-16-14-12-10-8-6-4-2/h59-66,68,70-76H,3-58H2,1-2H3,(H,69,77). The van der Waals surface area contributed by atoms with Gasteiger partial charge in [0.25, 0.3) is 0 Å². The fourth-order valence-corrected chi connectivity index (χ4v) is 11.8. The Bertz CT molecular complexity index is 1250. The maximum Gasteiger partial charge on any atom is 0.249 e. The summed E-state index contributed by atoms with van der Waals surface area (Å²) in [7, 11) is 0. The van der Waals surface area contributed by atoms with Crippen molar-refractivity contribution in [3.8, 4) is 0 Å². The fourth-order valence-electron chi connectivity index (χ4n) is 11.8. The molecule has 9 unspecified atom stereocenters. The van der Waals surface area contributed by atoms with Gasteiger partial charge in [0.1, 0.15) is 36.6 Å². The van der Waals surface area contributed by atoms with Crippen LogP contribution in [0, 0.1) is 0 Å². The third-order valence-electron chi connectivity index (χ3n) is 17.4. The van der Waals surface area contributed by atoms with Crippen LogP contribution in [-0.4, -0.2) is 110 Å². The molecule has 9 atom stereocenters. The summed E-state index contributed by atoms with van der Waals surface area (Å²) in [6.07, 6.45) is 57.6. The second-order valence-electron chi connectivity index (χ2n) is 25.0. The van der Waals surface area contributed by atoms with Crippen molar-refractivity contribution in [3.05, 3.63) is 0 Å². The van der Waals surface area contributed by atoms with Crippen LogP contribution in [0.2, 0.25) is 0 Å². The van der Waals surface area contributed by atoms with Gasteiger partial charge in [-0.1, -0.05) is 348 Å². The van der Waals surface area contributed by atoms with Crippen LogP contribution in [0.5, 0.6) is 0 Å². The van der Waals surface area contributed by atoms with Crippen molar-refractivity contribution >= 4 is 5.91 Å². The van der Waals surface area contributed by atoms with E-state index in [-0.39, 0.29) is 6.42 Å². The van der Waals surface area contributed by atoms with Gasteiger partial charge in [-0.3, -0.25) is 4.79 Å². The zero-order valence-electron chi connectivity index (χ0n) is 52.1. The summed E-state index contributed by atoms with van der Waals surface area (Å²) < 4.78 is 11.2. The minimum absolute atomic E-state index is 0.267. The number of carbonyl (C=O) groups excluding carboxylic acids is 1. The van der Waals surface area contributed by atoms with E-state index in [9.17, 15) is 40.5 Å². The molecule has 1 fully saturated rings. The zero-order valence-corrected chi connectivity index (χ0v) is 52.1. The van der Waals surface area contributed by atoms with Crippen LogP contribution in [0.15, 0.2) is 0 Å². The molecule has 1 rings (SSSR count). The predicted octanol–water partition coefficient (Wildman–Crippen LogP) is 16.5. The smallest absolute Gasteiger partial charge is 0.249 e. The maximum absolute atomic E-state index is 13.2. The summed E-state index contributed by atoms with van der Waals surface area (Å²) >= 11 is 0. The van der Waals surface area contributed by atoms with Gasteiger partial charge in [-0.05, 0) is 12.8 Å². The van der Waals surface area contributed by atoms with Gasteiger partial charge >= 0.3 is 0 Å². The Hall–Kier alpha value is -0.890. The van der Waals surface area contributed by atoms with Gasteiger partial charge in [-0.25, -0.2) is 0 Å². The maximum atomic E-state index is 13.2. The van der Waals surface area contributed by atoms with Gasteiger partial charge in [0.2, 0.25) is 5.91 Å². The number of nitrogens with one attached hydrogen (secondary N) is 1. The molecule has 0 radical (unpaired) electrons. The molecule has 0 aliphatic carbocycles. The monoisotopic (exact) mass is 1130 g/mol. The van der Waals surface area contributed by atoms with E-state index in [1.807, 2.05) is 0 Å². The number of aliphatic hydroxyl groups is 7. The Morgan fingerprint density at radius 1 is 0.392 bits per heavy atom. The average Bonchev–Trinajstić information content (AvgIpc) is 3.46. The van der Waals surface area contributed by atoms with Crippen LogP contribution >= 0.6 is 0 Å². The molecule has 472 valence electrons. The van der Waals surface area contributed by atoms with Crippen molar-refractivity contribution in [1.29, 1.82) is 0 Å². The zero-order chi connectivity index (χ0) is 57.5. The molecule has 0 aromatic carbocycles. The highest BCUT2D eigenvalue weighted by Gasteiger charge is 2.44. The van der Waals surface area contributed by atoms with Gasteiger partial charge in [0, 0.05) is 0 Å². The average molecular weight is 1130 g/mol. The SMILES string of the molecule is CCCCCCCCCCCCCCCCCCCCCCCCCCCCCCCCCC(O)C(O)C(COC1OC(CO)C(O)C(O)C1O)NC(=O)C(O)CCCCCCCCCCCCCCCCCCCCCCC. The van der Waals surface area contributed by atoms with E-state index in [2.05, 4.69) is 19.2 Å². The van der Waals surface area contributed by atoms with E-state index in [0.29, 0.717) is 19.3 Å². The van der Waals surface area contributed by atoms with Crippen molar-refractivity contribution in [2.75, 3.05) is 13.2 Å². The van der Waals surface area contributed by atoms with E-state index in [1.54, 1.807) is 0 Å². The molecule has 0 aromatic rings. The number of amides is 1. The number of hydrogen-bond donors (Lipinski definition) is 8. The van der Waals surface area contributed by atoms with Gasteiger partial charge in [-0.15, -0.1) is 0 Å². The minimum atomic E-state index is -1.66. The number of aliphatic hydroxyl groups excluding tert-OH is 7. The molecule has 0 bridgehead atoms. The molecule has 11 nitrogen and oxygen atoms in total. The Kier molecular flexibility index (Phi) is 55.4. The van der Waals surface area contributed by atoms with Crippen molar-refractivity contribution in [2.24, 2.45) is 0 Å². The molecule has 1 saturated heterocycles. The van der Waals surface area contributed by atoms with Crippen molar-refractivity contribution in [3.63, 3.8) is 0 Å². The second-order valence-corrected chi connectivity index (χ2v) is 25.0. The molecule has 0 spiro atoms. The van der Waals surface area contributed by atoms with Gasteiger partial charge in [-0.2, -0.15) is 0 Å². The second kappa shape index (κ2) is 57.5. The third kappa shape index (κ3) is 45.2. The first kappa shape index (κ1) is 76.1. The van der Waals surface area contributed by atoms with E-state index in [1.165, 1.54) is 283 Å². The molecule has 1 amide bonds. The van der Waals surface area contributed by atoms with E-state index in [0.717, 1.165) is 38.5 Å². The lowest BCUT2D eigenvalue weighted by Crippen LogP contribution is -2.60. The largest absolute Gasteiger partial charge is 0.394 e. The van der Waals surface area contributed by atoms with Gasteiger partial charge in [0.15, 0.2) is 6.29 Å². The van der Waals surface area contributed by atoms with Crippen LogP contribution in [0.1, 0.15) is 361 Å². The molecule has 0 aromatic heterocycles. The Morgan fingerprint density at radius 3 is 0.937 bits per heavy atom. The number of rotatable bonds is 62. The summed E-state index contributed by atoms with van der Waals surface area (Å²) in [6.45, 7) is 3.53. The highest BCUT2D eigenvalue weighted by molar-refractivity contribution is 5.80. The predicted molar refractivity (Wildman–Crippen MR) is 330 cm³/mol. The number of hydrogen-bond acceptors (Lipinski definition) is 10. The molecular formula is C68H135NO10. The summed E-state index contributed by atoms with van der Waals surface area (Å²) in [5, 5.41) is 76.5. The minimum Gasteiger partial charge on any atom is -0.394 e. The van der Waals surface area contributed by atoms with Crippen LogP contribution in [0.3, 0.4) is 0 Å². The quantitative estimate of drug-likeness (QED) is 0.0272. The highest BCUT2D eigenvalue weighted by atomic mass is 16.7. The summed E-state index contributed by atoms with van der Waals surface area (Å²) in [5.41, 5.74) is 0. The van der Waals surface area contributed by atoms with Crippen LogP contribution < -0.4 is 5.32 Å². The summed E-state index contributed by atoms with van der Waals surface area (Å²) in [6, 6.07) is -1.16. The first-order valence-electron chi connectivity index (χ1n) is 34.9. The molecule has 11 heteroatoms. The number of carbonyl (C=O) groups is 1. The van der Waals surface area contributed by atoms with E-state index < -0.39 is 74.2 Å². The van der Waals surface area contributed by atoms with Crippen molar-refractivity contribution in [2.45, 2.75) is 416 Å². The lowest BCUT2D eigenvalue weighted by molar-refractivity contribution is -0.303. The Labute approximate surface area is 488 Å². The number of ether oxygens (including phenoxy) is 2. The molecule has 0 saturated carbocycles. The van der Waals surface area contributed by atoms with Crippen LogP contribution in [0.25, 0.3) is 0 Å². The van der Waals surface area contributed by atoms with Crippen LogP contribution in [0.4, 0.5) is 0 Å². The first-order valence-corrected chi connectivity index (χ1v) is 34.9. The molecule has 1 heterocycles. The third-order valence-corrected chi connectivity index (χ3v) is 17.4. The fraction of sp³-hybridized carbons (Fsp3) is 0.985. The Morgan fingerprint density at radius 2 is 0.658 bits per heavy atom. The molecule has 8 N–H and O–H groups in total. The molecule has 79 heavy (non-hydrogen) atoms. The molecule has 1 aliphatic rings. The highest BCUT2D eigenvalue weighted by Crippen LogP contribution is 2.24. The molecule has 1 aliphatic heterocycles. The Balaban J connectivity index is 2.18. The molecular weight excluding hydrogens is 991 g/mol. The van der Waals surface area contributed by atoms with Gasteiger partial charge in [0.05, 0.1) is 25.4 Å². The normalized spacial score (nSPS) is 19.2. The summed E-state index contributed by atoms with van der Waals surface area (Å²) in [5.74, 6) is -0.687. The number of unbranched alkanes of at least 4 members (excludes halogenated alkanes) is 50. The summed E-state index contributed by atoms with van der Waals surface area (Å²) in [4.78, 5) is 13.2. The van der Waals surface area contributed by atoms with Crippen LogP contribution in [-0.2, 0) is 14.3 Å². The van der Waals surface area contributed by atoms with E-state index in [4.69, 9.17) is 9.47 Å². The van der Waals surface area contributed by atoms with Crippen molar-refractivity contribution < 1.29 is 50.0 Å². The lowest BCUT2D eigenvalue weighted by atomic mass is 9.98. The topological polar surface area (TPSA) is 189 Å².